The maximum absolute atomic E-state index is 13.7. The number of nitrogens with one attached hydrogen (secondary N) is 2. The van der Waals surface area contributed by atoms with Gasteiger partial charge in [0, 0.05) is 38.3 Å². The molecule has 0 radical (unpaired) electrons. The van der Waals surface area contributed by atoms with Crippen LogP contribution in [0.2, 0.25) is 0 Å². The fourth-order valence-corrected chi connectivity index (χ4v) is 7.78. The van der Waals surface area contributed by atoms with Crippen molar-refractivity contribution < 1.29 is 43.6 Å². The normalized spacial score (nSPS) is 23.7. The van der Waals surface area contributed by atoms with E-state index in [1.807, 2.05) is 0 Å². The van der Waals surface area contributed by atoms with E-state index in [1.54, 1.807) is 37.3 Å². The second-order valence-electron chi connectivity index (χ2n) is 11.8. The fourth-order valence-electron chi connectivity index (χ4n) is 6.15. The Kier molecular flexibility index (Phi) is 9.34. The van der Waals surface area contributed by atoms with E-state index in [2.05, 4.69) is 15.7 Å². The second-order valence-corrected chi connectivity index (χ2v) is 13.2. The molecule has 2 aromatic rings. The smallest absolute Gasteiger partial charge is 0.342 e. The van der Waals surface area contributed by atoms with Crippen LogP contribution in [0.25, 0.3) is 0 Å². The van der Waals surface area contributed by atoms with Gasteiger partial charge in [0.25, 0.3) is 5.69 Å². The molecule has 4 fully saturated rings. The van der Waals surface area contributed by atoms with Crippen LogP contribution in [-0.4, -0.2) is 138 Å². The molecule has 0 saturated carbocycles. The largest absolute Gasteiger partial charge is 0.479 e. The molecule has 20 heteroatoms. The number of rotatable bonds is 10. The first-order valence-corrected chi connectivity index (χ1v) is 16.6. The van der Waals surface area contributed by atoms with Crippen molar-refractivity contribution in [3.63, 3.8) is 0 Å². The quantitative estimate of drug-likeness (QED) is 0.0970. The summed E-state index contributed by atoms with van der Waals surface area (Å²) in [6.45, 7) is 1.63. The highest BCUT2D eigenvalue weighted by molar-refractivity contribution is 8.02. The van der Waals surface area contributed by atoms with Crippen LogP contribution in [0.4, 0.5) is 15.3 Å². The number of hydrazone groups is 1. The summed E-state index contributed by atoms with van der Waals surface area (Å²) in [7, 11) is 0. The predicted molar refractivity (Wildman–Crippen MR) is 177 cm³/mol. The molecule has 0 spiro atoms. The molecule has 0 bridgehead atoms. The minimum absolute atomic E-state index is 0.0245. The molecule has 3 N–H and O–H groups in total. The Morgan fingerprint density at radius 1 is 1.04 bits per heavy atom. The van der Waals surface area contributed by atoms with Crippen LogP contribution in [0.5, 0.6) is 0 Å². The molecule has 1 unspecified atom stereocenters. The zero-order valence-electron chi connectivity index (χ0n) is 26.9. The monoisotopic (exact) mass is 721 g/mol. The third kappa shape index (κ3) is 6.28. The standard InChI is InChI=1S/C31H31N9O10S/c1-2-35-12-13-36(26(44)25(35)43)29(47)34-21(19-6-4-3-5-7-19)23(41)33-22-24(42)37-17-31(28(45)46,51-27(22)37)38-14-15-39(30(38)48)32-16-18-8-10-20(11-9-18)40(49)50/h3-11,16,21-22,27H,2,12-15,17H2,1H3,(H,33,41)(H,34,47)(H,45,46)/b32-16+/t21?,22-,27-,31-/m1/s1. The number of imide groups is 1. The lowest BCUT2D eigenvalue weighted by Crippen LogP contribution is -2.68. The zero-order valence-corrected chi connectivity index (χ0v) is 27.7. The van der Waals surface area contributed by atoms with Gasteiger partial charge in [-0.3, -0.25) is 39.1 Å². The maximum atomic E-state index is 13.7. The Morgan fingerprint density at radius 3 is 2.39 bits per heavy atom. The van der Waals surface area contributed by atoms with Crippen LogP contribution in [-0.2, 0) is 24.0 Å². The third-order valence-corrected chi connectivity index (χ3v) is 10.6. The van der Waals surface area contributed by atoms with E-state index >= 15 is 0 Å². The number of piperazine rings is 1. The molecule has 2 aromatic carbocycles. The molecule has 6 rings (SSSR count). The van der Waals surface area contributed by atoms with E-state index in [4.69, 9.17) is 0 Å². The van der Waals surface area contributed by atoms with E-state index in [0.717, 1.165) is 21.7 Å². The molecule has 4 aliphatic heterocycles. The summed E-state index contributed by atoms with van der Waals surface area (Å²) in [5.74, 6) is -4.70. The number of non-ortho nitro benzene ring substituents is 1. The summed E-state index contributed by atoms with van der Waals surface area (Å²) in [6.07, 6.45) is 1.31. The molecule has 19 nitrogen and oxygen atoms in total. The van der Waals surface area contributed by atoms with Gasteiger partial charge in [0.05, 0.1) is 24.2 Å². The first-order valence-electron chi connectivity index (χ1n) is 15.7. The Labute approximate surface area is 293 Å². The van der Waals surface area contributed by atoms with Crippen molar-refractivity contribution in [3.05, 3.63) is 75.8 Å². The number of carbonyl (C=O) groups excluding carboxylic acids is 6. The summed E-state index contributed by atoms with van der Waals surface area (Å²) >= 11 is 0.810. The average molecular weight is 722 g/mol. The van der Waals surface area contributed by atoms with Crippen molar-refractivity contribution in [1.29, 1.82) is 0 Å². The van der Waals surface area contributed by atoms with Crippen molar-refractivity contribution >= 4 is 65.3 Å². The molecule has 4 atom stereocenters. The van der Waals surface area contributed by atoms with E-state index in [0.29, 0.717) is 16.0 Å². The molecular weight excluding hydrogens is 690 g/mol. The van der Waals surface area contributed by atoms with Gasteiger partial charge in [-0.05, 0) is 30.2 Å². The number of fused-ring (bicyclic) bond motifs is 1. The predicted octanol–water partition coefficient (Wildman–Crippen LogP) is -0.0113. The maximum Gasteiger partial charge on any atom is 0.342 e. The number of urea groups is 2. The van der Waals surface area contributed by atoms with Gasteiger partial charge in [-0.1, -0.05) is 42.1 Å². The number of benzene rings is 2. The molecule has 4 saturated heterocycles. The minimum Gasteiger partial charge on any atom is -0.479 e. The average Bonchev–Trinajstić information content (AvgIpc) is 3.69. The first kappa shape index (κ1) is 34.8. The van der Waals surface area contributed by atoms with E-state index in [-0.39, 0.29) is 45.0 Å². The summed E-state index contributed by atoms with van der Waals surface area (Å²) in [6, 6.07) is 9.13. The minimum atomic E-state index is -1.91. The van der Waals surface area contributed by atoms with Crippen LogP contribution >= 0.6 is 11.8 Å². The number of nitro groups is 1. The first-order chi connectivity index (χ1) is 24.4. The lowest BCUT2D eigenvalue weighted by Gasteiger charge is -2.41. The number of hydrogen-bond acceptors (Lipinski definition) is 11. The Bertz CT molecular complexity index is 1840. The Hall–Kier alpha value is -6.05. The van der Waals surface area contributed by atoms with Gasteiger partial charge < -0.3 is 25.5 Å². The SMILES string of the molecule is CCN1CCN(C(=O)NC(C(=O)N[C@@H]2C(=O)N3C[C@@](C(=O)O)(N4CCN(/N=C/c5ccc([N+](=O)[O-])cc5)C4=O)S[C@H]23)c2ccccc2)C(=O)C1=O. The fraction of sp³-hybridized carbons (Fsp3) is 0.355. The molecule has 0 aliphatic carbocycles. The van der Waals surface area contributed by atoms with Gasteiger partial charge >= 0.3 is 29.8 Å². The van der Waals surface area contributed by atoms with Gasteiger partial charge in [0.1, 0.15) is 17.5 Å². The van der Waals surface area contributed by atoms with Crippen LogP contribution in [0.15, 0.2) is 59.7 Å². The second kappa shape index (κ2) is 13.7. The van der Waals surface area contributed by atoms with Crippen molar-refractivity contribution in [2.75, 3.05) is 39.3 Å². The van der Waals surface area contributed by atoms with Gasteiger partial charge in [0.15, 0.2) is 0 Å². The summed E-state index contributed by atoms with van der Waals surface area (Å²) in [5, 5.41) is 30.7. The summed E-state index contributed by atoms with van der Waals surface area (Å²) < 4.78 is 0. The van der Waals surface area contributed by atoms with E-state index in [9.17, 15) is 48.8 Å². The lowest BCUT2D eigenvalue weighted by molar-refractivity contribution is -0.384. The van der Waals surface area contributed by atoms with Crippen molar-refractivity contribution in [1.82, 2.24) is 35.2 Å². The van der Waals surface area contributed by atoms with Gasteiger partial charge in [-0.15, -0.1) is 0 Å². The number of carboxylic acid groups (broad SMARTS) is 1. The van der Waals surface area contributed by atoms with Crippen molar-refractivity contribution in [2.45, 2.75) is 29.3 Å². The molecule has 266 valence electrons. The van der Waals surface area contributed by atoms with Gasteiger partial charge in [0.2, 0.25) is 16.7 Å². The molecule has 51 heavy (non-hydrogen) atoms. The number of thioether (sulfide) groups is 1. The number of nitrogens with zero attached hydrogens (tertiary/aromatic N) is 7. The van der Waals surface area contributed by atoms with Crippen LogP contribution in [0.1, 0.15) is 24.1 Å². The number of hydrogen-bond donors (Lipinski definition) is 3. The highest BCUT2D eigenvalue weighted by Gasteiger charge is 2.66. The van der Waals surface area contributed by atoms with Gasteiger partial charge in [-0.25, -0.2) is 19.4 Å². The number of likely N-dealkylation sites (N-methyl/N-ethyl adjacent to an activating group) is 1. The summed E-state index contributed by atoms with van der Waals surface area (Å²) in [5.41, 5.74) is 0.656. The molecule has 0 aromatic heterocycles. The van der Waals surface area contributed by atoms with Crippen LogP contribution < -0.4 is 10.6 Å². The van der Waals surface area contributed by atoms with E-state index < -0.39 is 68.9 Å². The highest BCUT2D eigenvalue weighted by atomic mass is 32.2. The summed E-state index contributed by atoms with van der Waals surface area (Å²) in [4.78, 5) is 104. The Morgan fingerprint density at radius 2 is 1.75 bits per heavy atom. The van der Waals surface area contributed by atoms with Crippen LogP contribution in [0.3, 0.4) is 0 Å². The number of amides is 8. The number of carbonyl (C=O) groups is 7. The third-order valence-electron chi connectivity index (χ3n) is 8.95. The number of nitro benzene ring substituents is 1. The van der Waals surface area contributed by atoms with Crippen molar-refractivity contribution in [3.8, 4) is 0 Å². The number of aliphatic carboxylic acids is 1. The van der Waals surface area contributed by atoms with E-state index in [1.165, 1.54) is 40.3 Å². The molecule has 4 heterocycles. The molecular formula is C31H31N9O10S. The molecule has 4 aliphatic rings. The van der Waals surface area contributed by atoms with Gasteiger partial charge in [-0.2, -0.15) is 5.10 Å². The topological polar surface area (TPSA) is 235 Å². The van der Waals surface area contributed by atoms with Crippen LogP contribution in [0, 0.1) is 10.1 Å². The molecule has 8 amide bonds. The number of β-lactam (4-membered cyclic amide) rings is 1. The lowest BCUT2D eigenvalue weighted by atomic mass is 10.0. The zero-order chi connectivity index (χ0) is 36.6. The number of carboxylic acids is 1. The Balaban J connectivity index is 1.15. The van der Waals surface area contributed by atoms with Crippen molar-refractivity contribution in [2.24, 2.45) is 5.10 Å². The highest BCUT2D eigenvalue weighted by Crippen LogP contribution is 2.49.